The van der Waals surface area contributed by atoms with Crippen LogP contribution in [0.15, 0.2) is 42.0 Å². The van der Waals surface area contributed by atoms with Crippen LogP contribution in [0.2, 0.25) is 5.02 Å². The van der Waals surface area contributed by atoms with Gasteiger partial charge in [0.1, 0.15) is 0 Å². The molecule has 18 heavy (non-hydrogen) atoms. The van der Waals surface area contributed by atoms with Crippen molar-refractivity contribution in [2.75, 3.05) is 0 Å². The van der Waals surface area contributed by atoms with Gasteiger partial charge in [0.2, 0.25) is 0 Å². The third-order valence-corrected chi connectivity index (χ3v) is 3.41. The standard InChI is InChI=1S/C16H17ClO/c1-16(2)10-12(9-14(18)11-16)7-8-13-5-3-4-6-15(13)17/h3-9H,10-11H2,1-2H3. The molecule has 1 aromatic carbocycles. The van der Waals surface area contributed by atoms with Crippen molar-refractivity contribution in [3.05, 3.63) is 52.6 Å². The zero-order valence-electron chi connectivity index (χ0n) is 10.7. The van der Waals surface area contributed by atoms with Crippen molar-refractivity contribution in [1.82, 2.24) is 0 Å². The second-order valence-corrected chi connectivity index (χ2v) is 5.97. The third kappa shape index (κ3) is 3.33. The lowest BCUT2D eigenvalue weighted by Gasteiger charge is -2.27. The number of benzene rings is 1. The molecule has 1 aliphatic rings. The van der Waals surface area contributed by atoms with E-state index < -0.39 is 0 Å². The number of rotatable bonds is 2. The van der Waals surface area contributed by atoms with E-state index in [2.05, 4.69) is 13.8 Å². The number of hydrogen-bond donors (Lipinski definition) is 0. The molecular weight excluding hydrogens is 244 g/mol. The summed E-state index contributed by atoms with van der Waals surface area (Å²) in [4.78, 5) is 11.6. The van der Waals surface area contributed by atoms with E-state index in [1.54, 1.807) is 6.08 Å². The summed E-state index contributed by atoms with van der Waals surface area (Å²) < 4.78 is 0. The molecule has 0 aromatic heterocycles. The number of carbonyl (C=O) groups is 1. The Bertz CT molecular complexity index is 524. The minimum absolute atomic E-state index is 0.0615. The number of halogens is 1. The van der Waals surface area contributed by atoms with E-state index in [1.807, 2.05) is 36.4 Å². The van der Waals surface area contributed by atoms with E-state index in [9.17, 15) is 4.79 Å². The Morgan fingerprint density at radius 1 is 1.17 bits per heavy atom. The van der Waals surface area contributed by atoms with E-state index in [4.69, 9.17) is 11.6 Å². The molecule has 0 saturated heterocycles. The highest BCUT2D eigenvalue weighted by atomic mass is 35.5. The maximum Gasteiger partial charge on any atom is 0.156 e. The predicted molar refractivity (Wildman–Crippen MR) is 76.6 cm³/mol. The highest BCUT2D eigenvalue weighted by molar-refractivity contribution is 6.32. The quantitative estimate of drug-likeness (QED) is 0.755. The third-order valence-electron chi connectivity index (χ3n) is 3.06. The fraction of sp³-hybridized carbons (Fsp3) is 0.312. The Hall–Kier alpha value is -1.34. The van der Waals surface area contributed by atoms with Crippen LogP contribution in [-0.4, -0.2) is 5.78 Å². The van der Waals surface area contributed by atoms with Gasteiger partial charge in [0.25, 0.3) is 0 Å². The molecule has 0 unspecified atom stereocenters. The zero-order chi connectivity index (χ0) is 13.2. The Balaban J connectivity index is 2.20. The zero-order valence-corrected chi connectivity index (χ0v) is 11.5. The first-order chi connectivity index (χ1) is 8.46. The van der Waals surface area contributed by atoms with Crippen molar-refractivity contribution in [2.24, 2.45) is 5.41 Å². The van der Waals surface area contributed by atoms with Gasteiger partial charge in [-0.25, -0.2) is 0 Å². The fourth-order valence-corrected chi connectivity index (χ4v) is 2.51. The average Bonchev–Trinajstić information content (AvgIpc) is 2.25. The van der Waals surface area contributed by atoms with Crippen LogP contribution < -0.4 is 0 Å². The van der Waals surface area contributed by atoms with E-state index in [1.165, 1.54) is 0 Å². The molecular formula is C16H17ClO. The Kier molecular flexibility index (Phi) is 3.72. The first-order valence-corrected chi connectivity index (χ1v) is 6.50. The topological polar surface area (TPSA) is 17.1 Å². The molecule has 0 spiro atoms. The Morgan fingerprint density at radius 2 is 1.89 bits per heavy atom. The fourth-order valence-electron chi connectivity index (χ4n) is 2.31. The van der Waals surface area contributed by atoms with Gasteiger partial charge in [-0.2, -0.15) is 0 Å². The number of ketones is 1. The molecule has 0 radical (unpaired) electrons. The Labute approximate surface area is 113 Å². The second-order valence-electron chi connectivity index (χ2n) is 5.56. The van der Waals surface area contributed by atoms with Crippen LogP contribution in [0, 0.1) is 5.41 Å². The molecule has 0 atom stereocenters. The molecule has 0 bridgehead atoms. The first kappa shape index (κ1) is 13.1. The van der Waals surface area contributed by atoms with Crippen LogP contribution in [0.1, 0.15) is 32.3 Å². The maximum absolute atomic E-state index is 11.6. The largest absolute Gasteiger partial charge is 0.295 e. The van der Waals surface area contributed by atoms with Gasteiger partial charge in [-0.15, -0.1) is 0 Å². The summed E-state index contributed by atoms with van der Waals surface area (Å²) in [6, 6.07) is 7.70. The van der Waals surface area contributed by atoms with Crippen molar-refractivity contribution >= 4 is 23.5 Å². The van der Waals surface area contributed by atoms with Gasteiger partial charge in [-0.05, 0) is 35.1 Å². The molecule has 0 fully saturated rings. The van der Waals surface area contributed by atoms with Gasteiger partial charge in [-0.1, -0.05) is 55.8 Å². The summed E-state index contributed by atoms with van der Waals surface area (Å²) >= 11 is 6.09. The van der Waals surface area contributed by atoms with Crippen molar-refractivity contribution in [3.63, 3.8) is 0 Å². The van der Waals surface area contributed by atoms with Crippen LogP contribution in [0.5, 0.6) is 0 Å². The average molecular weight is 261 g/mol. The van der Waals surface area contributed by atoms with E-state index in [-0.39, 0.29) is 11.2 Å². The van der Waals surface area contributed by atoms with E-state index >= 15 is 0 Å². The maximum atomic E-state index is 11.6. The molecule has 2 rings (SSSR count). The molecule has 0 saturated carbocycles. The van der Waals surface area contributed by atoms with Crippen LogP contribution in [0.4, 0.5) is 0 Å². The first-order valence-electron chi connectivity index (χ1n) is 6.12. The lowest BCUT2D eigenvalue weighted by molar-refractivity contribution is -0.116. The van der Waals surface area contributed by atoms with Crippen molar-refractivity contribution < 1.29 is 4.79 Å². The molecule has 0 heterocycles. The van der Waals surface area contributed by atoms with Crippen molar-refractivity contribution in [3.8, 4) is 0 Å². The minimum Gasteiger partial charge on any atom is -0.295 e. The lowest BCUT2D eigenvalue weighted by Crippen LogP contribution is -2.21. The second kappa shape index (κ2) is 5.11. The smallest absolute Gasteiger partial charge is 0.156 e. The molecule has 1 nitrogen and oxygen atoms in total. The summed E-state index contributed by atoms with van der Waals surface area (Å²) in [5.74, 6) is 0.213. The van der Waals surface area contributed by atoms with Gasteiger partial charge < -0.3 is 0 Å². The summed E-state index contributed by atoms with van der Waals surface area (Å²) in [5.41, 5.74) is 2.12. The molecule has 94 valence electrons. The number of hydrogen-bond acceptors (Lipinski definition) is 1. The Morgan fingerprint density at radius 3 is 2.56 bits per heavy atom. The van der Waals surface area contributed by atoms with Gasteiger partial charge >= 0.3 is 0 Å². The van der Waals surface area contributed by atoms with Crippen LogP contribution in [0.25, 0.3) is 6.08 Å². The molecule has 0 amide bonds. The lowest BCUT2D eigenvalue weighted by atomic mass is 9.77. The molecule has 1 aliphatic carbocycles. The summed E-state index contributed by atoms with van der Waals surface area (Å²) in [7, 11) is 0. The van der Waals surface area contributed by atoms with Gasteiger partial charge in [0.15, 0.2) is 5.78 Å². The van der Waals surface area contributed by atoms with Crippen LogP contribution >= 0.6 is 11.6 Å². The number of allylic oxidation sites excluding steroid dienone is 3. The molecule has 2 heteroatoms. The SMILES string of the molecule is CC1(C)CC(=O)C=C(C=Cc2ccccc2Cl)C1. The predicted octanol–water partition coefficient (Wildman–Crippen LogP) is 4.67. The highest BCUT2D eigenvalue weighted by Crippen LogP contribution is 2.34. The molecule has 1 aromatic rings. The van der Waals surface area contributed by atoms with Crippen LogP contribution in [-0.2, 0) is 4.79 Å². The monoisotopic (exact) mass is 260 g/mol. The summed E-state index contributed by atoms with van der Waals surface area (Å²) in [5, 5.41) is 0.732. The highest BCUT2D eigenvalue weighted by Gasteiger charge is 2.26. The number of carbonyl (C=O) groups excluding carboxylic acids is 1. The summed E-state index contributed by atoms with van der Waals surface area (Å²) in [6.07, 6.45) is 7.29. The minimum atomic E-state index is 0.0615. The van der Waals surface area contributed by atoms with Gasteiger partial charge in [-0.3, -0.25) is 4.79 Å². The van der Waals surface area contributed by atoms with E-state index in [0.29, 0.717) is 6.42 Å². The molecule has 0 aliphatic heterocycles. The van der Waals surface area contributed by atoms with E-state index in [0.717, 1.165) is 22.6 Å². The summed E-state index contributed by atoms with van der Waals surface area (Å²) in [6.45, 7) is 4.25. The molecule has 0 N–H and O–H groups in total. The van der Waals surface area contributed by atoms with Gasteiger partial charge in [0, 0.05) is 11.4 Å². The van der Waals surface area contributed by atoms with Crippen molar-refractivity contribution in [2.45, 2.75) is 26.7 Å². The van der Waals surface area contributed by atoms with Gasteiger partial charge in [0.05, 0.1) is 0 Å². The van der Waals surface area contributed by atoms with Crippen LogP contribution in [0.3, 0.4) is 0 Å². The normalized spacial score (nSPS) is 19.1. The van der Waals surface area contributed by atoms with Crippen molar-refractivity contribution in [1.29, 1.82) is 0 Å².